The summed E-state index contributed by atoms with van der Waals surface area (Å²) in [5, 5.41) is 0. The second-order valence-corrected chi connectivity index (χ2v) is 6.92. The largest absolute Gasteiger partial charge is 0.493 e. The summed E-state index contributed by atoms with van der Waals surface area (Å²) in [5.74, 6) is 2.01. The van der Waals surface area contributed by atoms with Crippen LogP contribution in [0.3, 0.4) is 0 Å². The molecule has 1 saturated heterocycles. The van der Waals surface area contributed by atoms with Crippen molar-refractivity contribution in [3.05, 3.63) is 29.8 Å². The maximum absolute atomic E-state index is 11.9. The lowest BCUT2D eigenvalue weighted by Crippen LogP contribution is -2.41. The van der Waals surface area contributed by atoms with Gasteiger partial charge in [-0.15, -0.1) is 0 Å². The highest BCUT2D eigenvalue weighted by atomic mass is 16.5. The SMILES string of the molecule is CN(CCN1CCCCC1=O)C[C@H]1CCOc2ccccc2C1. The van der Waals surface area contributed by atoms with Crippen molar-refractivity contribution in [1.82, 2.24) is 9.80 Å². The van der Waals surface area contributed by atoms with Crippen molar-refractivity contribution < 1.29 is 9.53 Å². The van der Waals surface area contributed by atoms with Crippen LogP contribution in [-0.2, 0) is 11.2 Å². The van der Waals surface area contributed by atoms with Gasteiger partial charge in [0.1, 0.15) is 5.75 Å². The fourth-order valence-electron chi connectivity index (χ4n) is 3.64. The quantitative estimate of drug-likeness (QED) is 0.837. The molecule has 0 N–H and O–H groups in total. The lowest BCUT2D eigenvalue weighted by Gasteiger charge is -2.30. The smallest absolute Gasteiger partial charge is 0.222 e. The van der Waals surface area contributed by atoms with E-state index >= 15 is 0 Å². The van der Waals surface area contributed by atoms with Gasteiger partial charge in [0.05, 0.1) is 6.61 Å². The first-order valence-electron chi connectivity index (χ1n) is 8.89. The first-order chi connectivity index (χ1) is 11.2. The number of carbonyl (C=O) groups excluding carboxylic acids is 1. The highest BCUT2D eigenvalue weighted by molar-refractivity contribution is 5.76. The van der Waals surface area contributed by atoms with Gasteiger partial charge in [0.2, 0.25) is 5.91 Å². The topological polar surface area (TPSA) is 32.8 Å². The molecule has 0 aromatic heterocycles. The number of piperidine rings is 1. The van der Waals surface area contributed by atoms with E-state index in [-0.39, 0.29) is 0 Å². The molecule has 2 aliphatic heterocycles. The Balaban J connectivity index is 1.48. The molecule has 126 valence electrons. The Hall–Kier alpha value is -1.55. The number of para-hydroxylation sites is 1. The number of likely N-dealkylation sites (N-methyl/N-ethyl adjacent to an activating group) is 1. The summed E-state index contributed by atoms with van der Waals surface area (Å²) in [4.78, 5) is 16.3. The molecule has 23 heavy (non-hydrogen) atoms. The molecule has 1 aromatic rings. The van der Waals surface area contributed by atoms with Crippen molar-refractivity contribution >= 4 is 5.91 Å². The minimum atomic E-state index is 0.335. The summed E-state index contributed by atoms with van der Waals surface area (Å²) in [5.41, 5.74) is 1.33. The van der Waals surface area contributed by atoms with E-state index < -0.39 is 0 Å². The first kappa shape index (κ1) is 16.3. The van der Waals surface area contributed by atoms with Crippen LogP contribution < -0.4 is 4.74 Å². The fourth-order valence-corrected chi connectivity index (χ4v) is 3.64. The minimum absolute atomic E-state index is 0.335. The van der Waals surface area contributed by atoms with Gasteiger partial charge >= 0.3 is 0 Å². The number of benzene rings is 1. The second-order valence-electron chi connectivity index (χ2n) is 6.92. The maximum atomic E-state index is 11.9. The van der Waals surface area contributed by atoms with Crippen molar-refractivity contribution in [1.29, 1.82) is 0 Å². The third-order valence-corrected chi connectivity index (χ3v) is 5.01. The van der Waals surface area contributed by atoms with E-state index in [9.17, 15) is 4.79 Å². The molecule has 0 radical (unpaired) electrons. The fraction of sp³-hybridized carbons (Fsp3) is 0.632. The average molecular weight is 316 g/mol. The van der Waals surface area contributed by atoms with E-state index in [1.165, 1.54) is 5.56 Å². The molecule has 0 saturated carbocycles. The van der Waals surface area contributed by atoms with Crippen molar-refractivity contribution in [3.63, 3.8) is 0 Å². The third kappa shape index (κ3) is 4.47. The van der Waals surface area contributed by atoms with Crippen LogP contribution >= 0.6 is 0 Å². The van der Waals surface area contributed by atoms with Crippen LogP contribution in [0, 0.1) is 5.92 Å². The summed E-state index contributed by atoms with van der Waals surface area (Å²) in [6, 6.07) is 8.39. The van der Waals surface area contributed by atoms with Gasteiger partial charge < -0.3 is 14.5 Å². The number of ether oxygens (including phenoxy) is 1. The molecule has 2 aliphatic rings. The Morgan fingerprint density at radius 1 is 1.30 bits per heavy atom. The van der Waals surface area contributed by atoms with Crippen LogP contribution in [0.15, 0.2) is 24.3 Å². The Morgan fingerprint density at radius 2 is 2.17 bits per heavy atom. The summed E-state index contributed by atoms with van der Waals surface area (Å²) in [7, 11) is 2.17. The van der Waals surface area contributed by atoms with Gasteiger partial charge in [0.25, 0.3) is 0 Å². The molecule has 1 atom stereocenters. The molecule has 2 heterocycles. The summed E-state index contributed by atoms with van der Waals surface area (Å²) < 4.78 is 5.86. The second kappa shape index (κ2) is 7.82. The van der Waals surface area contributed by atoms with Crippen LogP contribution in [0.4, 0.5) is 0 Å². The molecular weight excluding hydrogens is 288 g/mol. The number of amides is 1. The molecule has 1 aromatic carbocycles. The van der Waals surface area contributed by atoms with Crippen LogP contribution in [0.2, 0.25) is 0 Å². The van der Waals surface area contributed by atoms with Gasteiger partial charge in [-0.2, -0.15) is 0 Å². The van der Waals surface area contributed by atoms with Crippen molar-refractivity contribution in [2.75, 3.05) is 39.8 Å². The highest BCUT2D eigenvalue weighted by Crippen LogP contribution is 2.26. The molecule has 0 aliphatic carbocycles. The monoisotopic (exact) mass is 316 g/mol. The van der Waals surface area contributed by atoms with E-state index in [4.69, 9.17) is 4.74 Å². The van der Waals surface area contributed by atoms with Gasteiger partial charge in [-0.05, 0) is 50.3 Å². The summed E-state index contributed by atoms with van der Waals surface area (Å²) >= 11 is 0. The highest BCUT2D eigenvalue weighted by Gasteiger charge is 2.21. The lowest BCUT2D eigenvalue weighted by atomic mass is 9.96. The molecule has 0 spiro atoms. The predicted octanol–water partition coefficient (Wildman–Crippen LogP) is 2.57. The molecule has 4 heteroatoms. The Bertz CT molecular complexity index is 532. The van der Waals surface area contributed by atoms with Gasteiger partial charge in [0.15, 0.2) is 0 Å². The summed E-state index contributed by atoms with van der Waals surface area (Å²) in [6.45, 7) is 4.65. The number of fused-ring (bicyclic) bond motifs is 1. The number of nitrogens with zero attached hydrogens (tertiary/aromatic N) is 2. The zero-order valence-electron chi connectivity index (χ0n) is 14.2. The van der Waals surface area contributed by atoms with Crippen LogP contribution in [0.25, 0.3) is 0 Å². The van der Waals surface area contributed by atoms with Gasteiger partial charge in [-0.25, -0.2) is 0 Å². The van der Waals surface area contributed by atoms with E-state index in [1.54, 1.807) is 0 Å². The molecule has 0 bridgehead atoms. The molecule has 4 nitrogen and oxygen atoms in total. The van der Waals surface area contributed by atoms with Crippen molar-refractivity contribution in [3.8, 4) is 5.75 Å². The van der Waals surface area contributed by atoms with E-state index in [2.05, 4.69) is 30.1 Å². The zero-order chi connectivity index (χ0) is 16.1. The Kier molecular flexibility index (Phi) is 5.55. The average Bonchev–Trinajstić information content (AvgIpc) is 2.75. The number of hydrogen-bond acceptors (Lipinski definition) is 3. The molecule has 0 unspecified atom stereocenters. The predicted molar refractivity (Wildman–Crippen MR) is 91.7 cm³/mol. The number of rotatable bonds is 5. The van der Waals surface area contributed by atoms with Crippen LogP contribution in [0.1, 0.15) is 31.2 Å². The molecule has 3 rings (SSSR count). The van der Waals surface area contributed by atoms with Crippen LogP contribution in [0.5, 0.6) is 5.75 Å². The zero-order valence-corrected chi connectivity index (χ0v) is 14.2. The lowest BCUT2D eigenvalue weighted by molar-refractivity contribution is -0.133. The third-order valence-electron chi connectivity index (χ3n) is 5.01. The van der Waals surface area contributed by atoms with E-state index in [0.717, 1.165) is 70.6 Å². The minimum Gasteiger partial charge on any atom is -0.493 e. The normalized spacial score (nSPS) is 21.7. The van der Waals surface area contributed by atoms with E-state index in [1.807, 2.05) is 11.0 Å². The molecule has 1 fully saturated rings. The van der Waals surface area contributed by atoms with Crippen LogP contribution in [-0.4, -0.2) is 55.5 Å². The van der Waals surface area contributed by atoms with Crippen molar-refractivity contribution in [2.24, 2.45) is 5.92 Å². The Labute approximate surface area is 139 Å². The maximum Gasteiger partial charge on any atom is 0.222 e. The van der Waals surface area contributed by atoms with Gasteiger partial charge in [-0.1, -0.05) is 18.2 Å². The Morgan fingerprint density at radius 3 is 3.04 bits per heavy atom. The van der Waals surface area contributed by atoms with E-state index in [0.29, 0.717) is 11.8 Å². The number of hydrogen-bond donors (Lipinski definition) is 0. The van der Waals surface area contributed by atoms with Crippen molar-refractivity contribution in [2.45, 2.75) is 32.1 Å². The number of likely N-dealkylation sites (tertiary alicyclic amines) is 1. The van der Waals surface area contributed by atoms with Gasteiger partial charge in [-0.3, -0.25) is 4.79 Å². The molecule has 1 amide bonds. The first-order valence-corrected chi connectivity index (χ1v) is 8.89. The van der Waals surface area contributed by atoms with Gasteiger partial charge in [0, 0.05) is 32.6 Å². The molecular formula is C19H28N2O2. The summed E-state index contributed by atoms with van der Waals surface area (Å²) in [6.07, 6.45) is 5.14. The number of carbonyl (C=O) groups is 1. The standard InChI is InChI=1S/C19H28N2O2/c1-20(11-12-21-10-5-4-8-19(21)22)15-16-9-13-23-18-7-3-2-6-17(18)14-16/h2-3,6-7,16H,4-5,8-15H2,1H3/t16-/m0/s1.